The van der Waals surface area contributed by atoms with E-state index in [1.807, 2.05) is 6.92 Å². The average molecular weight is 384 g/mol. The van der Waals surface area contributed by atoms with Crippen LogP contribution in [0, 0.1) is 5.92 Å². The molecule has 146 valence electrons. The van der Waals surface area contributed by atoms with E-state index < -0.39 is 5.56 Å². The quantitative estimate of drug-likeness (QED) is 0.654. The Morgan fingerprint density at radius 2 is 1.96 bits per heavy atom. The number of allylic oxidation sites excluding steroid dienone is 2. The van der Waals surface area contributed by atoms with E-state index in [2.05, 4.69) is 13.0 Å². The number of rotatable bonds is 9. The van der Waals surface area contributed by atoms with Crippen molar-refractivity contribution in [3.63, 3.8) is 0 Å². The second-order valence-electron chi connectivity index (χ2n) is 6.33. The molecule has 0 radical (unpaired) electrons. The summed E-state index contributed by atoms with van der Waals surface area (Å²) in [6, 6.07) is 0. The van der Waals surface area contributed by atoms with E-state index in [9.17, 15) is 14.4 Å². The van der Waals surface area contributed by atoms with Crippen molar-refractivity contribution < 1.29 is 9.53 Å². The molecule has 26 heavy (non-hydrogen) atoms. The van der Waals surface area contributed by atoms with E-state index in [0.717, 1.165) is 15.9 Å². The van der Waals surface area contributed by atoms with E-state index in [-0.39, 0.29) is 23.3 Å². The third-order valence-electron chi connectivity index (χ3n) is 4.12. The molecule has 0 aromatic carbocycles. The number of anilines is 1. The number of nitrogens with two attached hydrogens (primary N) is 1. The fourth-order valence-corrected chi connectivity index (χ4v) is 3.33. The van der Waals surface area contributed by atoms with Gasteiger partial charge in [-0.15, -0.1) is 11.8 Å². The summed E-state index contributed by atoms with van der Waals surface area (Å²) in [5, 5.41) is 0. The number of ether oxygens (including phenoxy) is 1. The molecule has 0 spiro atoms. The van der Waals surface area contributed by atoms with Gasteiger partial charge in [0.05, 0.1) is 18.7 Å². The number of esters is 1. The van der Waals surface area contributed by atoms with Gasteiger partial charge < -0.3 is 10.5 Å². The van der Waals surface area contributed by atoms with Gasteiger partial charge in [0.15, 0.2) is 0 Å². The van der Waals surface area contributed by atoms with Crippen LogP contribution in [0.5, 0.6) is 0 Å². The van der Waals surface area contributed by atoms with Crippen molar-refractivity contribution in [2.24, 2.45) is 20.0 Å². The van der Waals surface area contributed by atoms with Gasteiger partial charge in [0.1, 0.15) is 5.69 Å². The Bertz CT molecular complexity index is 743. The van der Waals surface area contributed by atoms with Crippen LogP contribution in [0.15, 0.2) is 20.6 Å². The zero-order valence-electron chi connectivity index (χ0n) is 16.2. The number of thioether (sulfide) groups is 1. The summed E-state index contributed by atoms with van der Waals surface area (Å²) in [6.45, 7) is 6.26. The van der Waals surface area contributed by atoms with Crippen LogP contribution < -0.4 is 17.0 Å². The first kappa shape index (κ1) is 22.1. The second-order valence-corrected chi connectivity index (χ2v) is 7.67. The first-order chi connectivity index (χ1) is 12.2. The summed E-state index contributed by atoms with van der Waals surface area (Å²) >= 11 is 1.62. The smallest absolute Gasteiger partial charge is 0.330 e. The van der Waals surface area contributed by atoms with Crippen molar-refractivity contribution in [2.75, 3.05) is 18.1 Å². The minimum absolute atomic E-state index is 0.131. The van der Waals surface area contributed by atoms with Gasteiger partial charge in [-0.25, -0.2) is 4.79 Å². The third-order valence-corrected chi connectivity index (χ3v) is 5.15. The van der Waals surface area contributed by atoms with Crippen LogP contribution in [-0.2, 0) is 30.0 Å². The van der Waals surface area contributed by atoms with Crippen molar-refractivity contribution in [2.45, 2.75) is 40.0 Å². The molecule has 0 aliphatic heterocycles. The highest BCUT2D eigenvalue weighted by Crippen LogP contribution is 2.20. The van der Waals surface area contributed by atoms with Crippen LogP contribution in [0.3, 0.4) is 0 Å². The molecule has 0 fully saturated rings. The summed E-state index contributed by atoms with van der Waals surface area (Å²) in [6.07, 6.45) is 3.84. The number of hydrogen-bond donors (Lipinski definition) is 1. The second kappa shape index (κ2) is 10.3. The van der Waals surface area contributed by atoms with Gasteiger partial charge in [0.2, 0.25) is 0 Å². The third kappa shape index (κ3) is 6.09. The Morgan fingerprint density at radius 1 is 1.31 bits per heavy atom. The summed E-state index contributed by atoms with van der Waals surface area (Å²) < 4.78 is 7.36. The lowest BCUT2D eigenvalue weighted by atomic mass is 10.0. The van der Waals surface area contributed by atoms with Crippen molar-refractivity contribution >= 4 is 23.4 Å². The Balaban J connectivity index is 2.65. The Labute approximate surface area is 158 Å². The molecule has 1 unspecified atom stereocenters. The van der Waals surface area contributed by atoms with Gasteiger partial charge >= 0.3 is 11.7 Å². The molecule has 0 aliphatic rings. The zero-order valence-corrected chi connectivity index (χ0v) is 17.0. The van der Waals surface area contributed by atoms with Crippen molar-refractivity contribution in [1.82, 2.24) is 9.13 Å². The SMILES string of the molecule is CCOC(=O)CCS/C(C)=C\CC(C)Cc1c(N)c(=O)n(C)c(=O)n1C. The molecule has 0 aliphatic carbocycles. The number of carbonyl (C=O) groups is 1. The van der Waals surface area contributed by atoms with E-state index in [1.165, 1.54) is 11.6 Å². The molecule has 1 heterocycles. The largest absolute Gasteiger partial charge is 0.466 e. The lowest BCUT2D eigenvalue weighted by Crippen LogP contribution is -2.40. The van der Waals surface area contributed by atoms with Gasteiger partial charge in [-0.2, -0.15) is 0 Å². The first-order valence-corrected chi connectivity index (χ1v) is 9.67. The summed E-state index contributed by atoms with van der Waals surface area (Å²) in [5.74, 6) is 0.727. The molecule has 0 saturated heterocycles. The van der Waals surface area contributed by atoms with Crippen LogP contribution in [0.4, 0.5) is 5.69 Å². The fraction of sp³-hybridized carbons (Fsp3) is 0.611. The summed E-state index contributed by atoms with van der Waals surface area (Å²) in [5.41, 5.74) is 5.81. The average Bonchev–Trinajstić information content (AvgIpc) is 2.60. The van der Waals surface area contributed by atoms with Crippen LogP contribution in [-0.4, -0.2) is 27.5 Å². The van der Waals surface area contributed by atoms with E-state index in [1.54, 1.807) is 25.7 Å². The first-order valence-electron chi connectivity index (χ1n) is 8.68. The molecule has 2 N–H and O–H groups in total. The molecule has 1 aromatic rings. The standard InChI is InChI=1S/C18H29N3O4S/c1-6-25-15(22)9-10-26-13(3)8-7-12(2)11-14-16(19)17(23)21(5)18(24)20(14)4/h8,12H,6-7,9-11,19H2,1-5H3/b13-8-. The highest BCUT2D eigenvalue weighted by Gasteiger charge is 2.15. The number of nitrogen functional groups attached to an aromatic ring is 1. The molecule has 0 amide bonds. The number of carbonyl (C=O) groups excluding carboxylic acids is 1. The number of nitrogens with zero attached hydrogens (tertiary/aromatic N) is 2. The molecular formula is C18H29N3O4S. The van der Waals surface area contributed by atoms with Crippen LogP contribution in [0.2, 0.25) is 0 Å². The van der Waals surface area contributed by atoms with Gasteiger partial charge in [0, 0.05) is 19.8 Å². The summed E-state index contributed by atoms with van der Waals surface area (Å²) in [4.78, 5) is 36.5. The number of hydrogen-bond acceptors (Lipinski definition) is 6. The topological polar surface area (TPSA) is 96.3 Å². The monoisotopic (exact) mass is 383 g/mol. The van der Waals surface area contributed by atoms with Crippen LogP contribution >= 0.6 is 11.8 Å². The molecular weight excluding hydrogens is 354 g/mol. The zero-order chi connectivity index (χ0) is 19.9. The highest BCUT2D eigenvalue weighted by atomic mass is 32.2. The van der Waals surface area contributed by atoms with Gasteiger partial charge in [0.25, 0.3) is 5.56 Å². The highest BCUT2D eigenvalue weighted by molar-refractivity contribution is 8.03. The summed E-state index contributed by atoms with van der Waals surface area (Å²) in [7, 11) is 3.06. The molecule has 0 saturated carbocycles. The minimum atomic E-state index is -0.448. The van der Waals surface area contributed by atoms with Crippen LogP contribution in [0.1, 0.15) is 39.3 Å². The van der Waals surface area contributed by atoms with E-state index in [0.29, 0.717) is 30.9 Å². The van der Waals surface area contributed by atoms with Crippen molar-refractivity contribution in [1.29, 1.82) is 0 Å². The molecule has 7 nitrogen and oxygen atoms in total. The molecule has 8 heteroatoms. The predicted molar refractivity (Wildman–Crippen MR) is 106 cm³/mol. The lowest BCUT2D eigenvalue weighted by molar-refractivity contribution is -0.142. The van der Waals surface area contributed by atoms with Gasteiger partial charge in [-0.1, -0.05) is 13.0 Å². The Morgan fingerprint density at radius 3 is 2.58 bits per heavy atom. The van der Waals surface area contributed by atoms with Crippen molar-refractivity contribution in [3.8, 4) is 0 Å². The maximum atomic E-state index is 12.0. The fourth-order valence-electron chi connectivity index (χ4n) is 2.53. The van der Waals surface area contributed by atoms with Crippen LogP contribution in [0.25, 0.3) is 0 Å². The van der Waals surface area contributed by atoms with Crippen molar-refractivity contribution in [3.05, 3.63) is 37.5 Å². The Kier molecular flexibility index (Phi) is 8.71. The van der Waals surface area contributed by atoms with Gasteiger partial charge in [-0.3, -0.25) is 18.7 Å². The maximum absolute atomic E-state index is 12.0. The predicted octanol–water partition coefficient (Wildman–Crippen LogP) is 1.83. The number of aromatic nitrogens is 2. The lowest BCUT2D eigenvalue weighted by Gasteiger charge is -2.16. The normalized spacial score (nSPS) is 12.9. The molecule has 1 atom stereocenters. The maximum Gasteiger partial charge on any atom is 0.330 e. The molecule has 0 bridgehead atoms. The minimum Gasteiger partial charge on any atom is -0.466 e. The van der Waals surface area contributed by atoms with Gasteiger partial charge in [-0.05, 0) is 37.5 Å². The molecule has 1 aromatic heterocycles. The molecule has 1 rings (SSSR count). The Hall–Kier alpha value is -1.96. The van der Waals surface area contributed by atoms with E-state index >= 15 is 0 Å². The van der Waals surface area contributed by atoms with E-state index in [4.69, 9.17) is 10.5 Å².